The van der Waals surface area contributed by atoms with E-state index in [9.17, 15) is 9.50 Å². The van der Waals surface area contributed by atoms with Gasteiger partial charge in [0, 0.05) is 0 Å². The minimum absolute atomic E-state index is 0.0193. The fourth-order valence-corrected chi connectivity index (χ4v) is 2.27. The Morgan fingerprint density at radius 3 is 2.57 bits per heavy atom. The summed E-state index contributed by atoms with van der Waals surface area (Å²) in [6, 6.07) is 10.8. The highest BCUT2D eigenvalue weighted by Crippen LogP contribution is 2.29. The standard InChI is InChI=1S/C16H15FN4O2/c17-10-6-4-9(5-7-10)12(22)8-23-13-3-1-2-11-14(13)15(18)21-16(19)20-11/h1-7,12,22H,8H2,(H4,18,19,20,21). The van der Waals surface area contributed by atoms with Gasteiger partial charge in [-0.1, -0.05) is 18.2 Å². The number of fused-ring (bicyclic) bond motifs is 1. The smallest absolute Gasteiger partial charge is 0.222 e. The molecule has 7 heteroatoms. The summed E-state index contributed by atoms with van der Waals surface area (Å²) in [6.07, 6.45) is -0.901. The van der Waals surface area contributed by atoms with Gasteiger partial charge in [-0.25, -0.2) is 9.37 Å². The molecule has 0 saturated carbocycles. The van der Waals surface area contributed by atoms with Crippen LogP contribution in [0.15, 0.2) is 42.5 Å². The first-order chi connectivity index (χ1) is 11.0. The van der Waals surface area contributed by atoms with Crippen LogP contribution in [0, 0.1) is 5.82 Å². The van der Waals surface area contributed by atoms with Crippen LogP contribution < -0.4 is 16.2 Å². The second-order valence-electron chi connectivity index (χ2n) is 5.00. The van der Waals surface area contributed by atoms with Gasteiger partial charge in [0.1, 0.15) is 30.1 Å². The van der Waals surface area contributed by atoms with E-state index in [2.05, 4.69) is 9.97 Å². The lowest BCUT2D eigenvalue weighted by atomic mass is 10.1. The summed E-state index contributed by atoms with van der Waals surface area (Å²) in [6.45, 7) is -0.0193. The van der Waals surface area contributed by atoms with Crippen LogP contribution in [0.1, 0.15) is 11.7 Å². The molecule has 3 rings (SSSR count). The number of hydrogen-bond donors (Lipinski definition) is 3. The zero-order valence-electron chi connectivity index (χ0n) is 12.1. The van der Waals surface area contributed by atoms with Crippen molar-refractivity contribution in [1.82, 2.24) is 9.97 Å². The van der Waals surface area contributed by atoms with Crippen LogP contribution in [0.5, 0.6) is 5.75 Å². The minimum Gasteiger partial charge on any atom is -0.490 e. The number of benzene rings is 2. The predicted molar refractivity (Wildman–Crippen MR) is 85.2 cm³/mol. The number of nitrogens with two attached hydrogens (primary N) is 2. The zero-order valence-corrected chi connectivity index (χ0v) is 12.1. The van der Waals surface area contributed by atoms with Gasteiger partial charge in [0.05, 0.1) is 10.9 Å². The fourth-order valence-electron chi connectivity index (χ4n) is 2.27. The van der Waals surface area contributed by atoms with Gasteiger partial charge in [-0.05, 0) is 29.8 Å². The van der Waals surface area contributed by atoms with Crippen LogP contribution >= 0.6 is 0 Å². The second kappa shape index (κ2) is 6.05. The average Bonchev–Trinajstić information content (AvgIpc) is 2.52. The first kappa shape index (κ1) is 15.0. The Morgan fingerprint density at radius 1 is 1.09 bits per heavy atom. The molecule has 0 spiro atoms. The third-order valence-electron chi connectivity index (χ3n) is 3.38. The molecule has 0 aliphatic carbocycles. The van der Waals surface area contributed by atoms with Gasteiger partial charge >= 0.3 is 0 Å². The lowest BCUT2D eigenvalue weighted by Crippen LogP contribution is -2.10. The maximum atomic E-state index is 12.9. The van der Waals surface area contributed by atoms with Gasteiger partial charge in [0.25, 0.3) is 0 Å². The molecular formula is C16H15FN4O2. The van der Waals surface area contributed by atoms with Crippen LogP contribution in [-0.2, 0) is 0 Å². The number of nitrogen functional groups attached to an aromatic ring is 2. The van der Waals surface area contributed by atoms with Crippen molar-refractivity contribution in [2.75, 3.05) is 18.1 Å². The van der Waals surface area contributed by atoms with E-state index in [0.717, 1.165) is 0 Å². The predicted octanol–water partition coefficient (Wildman–Crippen LogP) is 2.05. The number of hydrogen-bond acceptors (Lipinski definition) is 6. The fraction of sp³-hybridized carbons (Fsp3) is 0.125. The van der Waals surface area contributed by atoms with E-state index in [1.807, 2.05) is 0 Å². The van der Waals surface area contributed by atoms with Gasteiger partial charge in [-0.3, -0.25) is 0 Å². The van der Waals surface area contributed by atoms with Crippen LogP contribution in [-0.4, -0.2) is 21.7 Å². The van der Waals surface area contributed by atoms with Crippen molar-refractivity contribution < 1.29 is 14.2 Å². The summed E-state index contributed by atoms with van der Waals surface area (Å²) < 4.78 is 18.5. The van der Waals surface area contributed by atoms with E-state index >= 15 is 0 Å². The summed E-state index contributed by atoms with van der Waals surface area (Å²) in [5.41, 5.74) is 12.6. The van der Waals surface area contributed by atoms with Crippen LogP contribution in [0.25, 0.3) is 10.9 Å². The van der Waals surface area contributed by atoms with E-state index in [4.69, 9.17) is 16.2 Å². The number of halogens is 1. The van der Waals surface area contributed by atoms with Gasteiger partial charge in [0.2, 0.25) is 5.95 Å². The monoisotopic (exact) mass is 314 g/mol. The van der Waals surface area contributed by atoms with Crippen LogP contribution in [0.3, 0.4) is 0 Å². The highest BCUT2D eigenvalue weighted by molar-refractivity contribution is 5.94. The number of aliphatic hydroxyl groups excluding tert-OH is 1. The minimum atomic E-state index is -0.901. The highest BCUT2D eigenvalue weighted by atomic mass is 19.1. The van der Waals surface area contributed by atoms with Crippen molar-refractivity contribution in [2.45, 2.75) is 6.10 Å². The molecule has 0 aliphatic heterocycles. The van der Waals surface area contributed by atoms with Crippen molar-refractivity contribution in [3.05, 3.63) is 53.8 Å². The highest BCUT2D eigenvalue weighted by Gasteiger charge is 2.13. The number of rotatable bonds is 4. The van der Waals surface area contributed by atoms with Gasteiger partial charge in [-0.15, -0.1) is 0 Å². The SMILES string of the molecule is Nc1nc(N)c2c(OCC(O)c3ccc(F)cc3)cccc2n1. The van der Waals surface area contributed by atoms with Crippen molar-refractivity contribution in [1.29, 1.82) is 0 Å². The number of anilines is 2. The zero-order chi connectivity index (χ0) is 16.4. The summed E-state index contributed by atoms with van der Waals surface area (Å²) >= 11 is 0. The molecule has 0 fully saturated rings. The lowest BCUT2D eigenvalue weighted by Gasteiger charge is -2.14. The number of ether oxygens (including phenoxy) is 1. The van der Waals surface area contributed by atoms with Crippen LogP contribution in [0.2, 0.25) is 0 Å². The summed E-state index contributed by atoms with van der Waals surface area (Å²) in [4.78, 5) is 8.01. The van der Waals surface area contributed by atoms with Gasteiger partial charge in [-0.2, -0.15) is 4.98 Å². The van der Waals surface area contributed by atoms with E-state index in [0.29, 0.717) is 22.2 Å². The molecule has 118 valence electrons. The molecule has 5 N–H and O–H groups in total. The maximum Gasteiger partial charge on any atom is 0.222 e. The Morgan fingerprint density at radius 2 is 1.83 bits per heavy atom. The van der Waals surface area contributed by atoms with E-state index in [1.54, 1.807) is 18.2 Å². The van der Waals surface area contributed by atoms with Gasteiger partial charge < -0.3 is 21.3 Å². The molecule has 1 heterocycles. The van der Waals surface area contributed by atoms with E-state index in [1.165, 1.54) is 24.3 Å². The Balaban J connectivity index is 1.83. The lowest BCUT2D eigenvalue weighted by molar-refractivity contribution is 0.109. The molecule has 1 aromatic heterocycles. The largest absolute Gasteiger partial charge is 0.490 e. The van der Waals surface area contributed by atoms with Crippen molar-refractivity contribution in [2.24, 2.45) is 0 Å². The topological polar surface area (TPSA) is 107 Å². The van der Waals surface area contributed by atoms with Crippen LogP contribution in [0.4, 0.5) is 16.2 Å². The molecule has 0 amide bonds. The summed E-state index contributed by atoms with van der Waals surface area (Å²) in [5, 5.41) is 10.7. The molecule has 2 aromatic carbocycles. The molecule has 0 bridgehead atoms. The summed E-state index contributed by atoms with van der Waals surface area (Å²) in [7, 11) is 0. The Kier molecular flexibility index (Phi) is 3.94. The Hall–Kier alpha value is -2.93. The Labute approximate surface area is 131 Å². The average molecular weight is 314 g/mol. The number of aromatic nitrogens is 2. The molecule has 3 aromatic rings. The molecule has 23 heavy (non-hydrogen) atoms. The third-order valence-corrected chi connectivity index (χ3v) is 3.38. The normalized spacial score (nSPS) is 12.3. The third kappa shape index (κ3) is 3.14. The van der Waals surface area contributed by atoms with E-state index < -0.39 is 6.10 Å². The number of aliphatic hydroxyl groups is 1. The quantitative estimate of drug-likeness (QED) is 0.680. The number of nitrogens with zero attached hydrogens (tertiary/aromatic N) is 2. The molecule has 1 atom stereocenters. The first-order valence-corrected chi connectivity index (χ1v) is 6.92. The van der Waals surface area contributed by atoms with E-state index in [-0.39, 0.29) is 24.2 Å². The summed E-state index contributed by atoms with van der Waals surface area (Å²) in [5.74, 6) is 0.373. The molecule has 0 radical (unpaired) electrons. The second-order valence-corrected chi connectivity index (χ2v) is 5.00. The molecule has 6 nitrogen and oxygen atoms in total. The first-order valence-electron chi connectivity index (χ1n) is 6.92. The molecule has 1 unspecified atom stereocenters. The Bertz CT molecular complexity index is 839. The van der Waals surface area contributed by atoms with Crippen molar-refractivity contribution in [3.8, 4) is 5.75 Å². The van der Waals surface area contributed by atoms with Crippen molar-refractivity contribution in [3.63, 3.8) is 0 Å². The molecule has 0 aliphatic rings. The van der Waals surface area contributed by atoms with Crippen molar-refractivity contribution >= 4 is 22.7 Å². The molecular weight excluding hydrogens is 299 g/mol. The maximum absolute atomic E-state index is 12.9. The van der Waals surface area contributed by atoms with Gasteiger partial charge in [0.15, 0.2) is 0 Å². The molecule has 0 saturated heterocycles.